The largest absolute Gasteiger partial charge is 0.496 e. The minimum absolute atomic E-state index is 0.238. The highest BCUT2D eigenvalue weighted by molar-refractivity contribution is 7.92. The number of nitrogens with one attached hydrogen (secondary N) is 1. The molecule has 0 saturated carbocycles. The lowest BCUT2D eigenvalue weighted by atomic mass is 9.93. The van der Waals surface area contributed by atoms with Crippen molar-refractivity contribution in [3.63, 3.8) is 0 Å². The van der Waals surface area contributed by atoms with Gasteiger partial charge in [0.1, 0.15) is 17.5 Å². The van der Waals surface area contributed by atoms with Crippen LogP contribution in [0, 0.1) is 6.92 Å². The lowest BCUT2D eigenvalue weighted by Gasteiger charge is -2.30. The number of carbonyl (C=O) groups is 1. The van der Waals surface area contributed by atoms with Gasteiger partial charge in [-0.15, -0.1) is 0 Å². The molecule has 2 aromatic rings. The molecule has 1 amide bonds. The number of anilines is 1. The predicted octanol–water partition coefficient (Wildman–Crippen LogP) is 4.82. The molecule has 0 unspecified atom stereocenters. The molecule has 2 aromatic carbocycles. The molecule has 0 aliphatic heterocycles. The van der Waals surface area contributed by atoms with Gasteiger partial charge in [0.15, 0.2) is 0 Å². The van der Waals surface area contributed by atoms with Crippen LogP contribution in [-0.4, -0.2) is 40.8 Å². The Kier molecular flexibility index (Phi) is 8.65. The Morgan fingerprint density at radius 1 is 1.00 bits per heavy atom. The lowest BCUT2D eigenvalue weighted by Crippen LogP contribution is -2.48. The van der Waals surface area contributed by atoms with Gasteiger partial charge in [0, 0.05) is 0 Å². The van der Waals surface area contributed by atoms with Crippen LogP contribution in [0.1, 0.15) is 56.3 Å². The Morgan fingerprint density at radius 3 is 2.09 bits per heavy atom. The molecule has 0 spiro atoms. The zero-order valence-electron chi connectivity index (χ0n) is 20.4. The summed E-state index contributed by atoms with van der Waals surface area (Å²) >= 11 is 6.20. The maximum Gasteiger partial charge on any atom is 0.244 e. The standard InChI is InChI=1S/C24H33ClN2O5S/c1-14(2)19-13-20(15(3)11-23(19)32-7)16(4)26-24(28)17(5)27(33(8,29)30)18-9-10-22(31-6)21(25)12-18/h9-14,16-17H,1-8H3,(H,26,28)/t16-,17+/m0/s1. The van der Waals surface area contributed by atoms with E-state index in [1.165, 1.54) is 13.2 Å². The molecule has 0 bridgehead atoms. The van der Waals surface area contributed by atoms with E-state index in [1.807, 2.05) is 26.0 Å². The van der Waals surface area contributed by atoms with Crippen LogP contribution in [0.3, 0.4) is 0 Å². The van der Waals surface area contributed by atoms with Crippen molar-refractivity contribution in [2.24, 2.45) is 0 Å². The lowest BCUT2D eigenvalue weighted by molar-refractivity contribution is -0.122. The predicted molar refractivity (Wildman–Crippen MR) is 133 cm³/mol. The Morgan fingerprint density at radius 2 is 1.61 bits per heavy atom. The molecule has 7 nitrogen and oxygen atoms in total. The van der Waals surface area contributed by atoms with E-state index < -0.39 is 22.0 Å². The first-order chi connectivity index (χ1) is 15.3. The van der Waals surface area contributed by atoms with Crippen molar-refractivity contribution in [2.75, 3.05) is 24.8 Å². The smallest absolute Gasteiger partial charge is 0.244 e. The number of halogens is 1. The van der Waals surface area contributed by atoms with Crippen LogP contribution >= 0.6 is 11.6 Å². The molecule has 0 aromatic heterocycles. The first-order valence-corrected chi connectivity index (χ1v) is 12.9. The van der Waals surface area contributed by atoms with Crippen LogP contribution in [0.5, 0.6) is 11.5 Å². The molecule has 0 saturated heterocycles. The first kappa shape index (κ1) is 26.8. The van der Waals surface area contributed by atoms with Crippen LogP contribution in [0.15, 0.2) is 30.3 Å². The molecule has 182 valence electrons. The number of amides is 1. The van der Waals surface area contributed by atoms with Gasteiger partial charge in [-0.2, -0.15) is 0 Å². The maximum absolute atomic E-state index is 13.1. The maximum atomic E-state index is 13.1. The summed E-state index contributed by atoms with van der Waals surface area (Å²) in [6.07, 6.45) is 1.06. The van der Waals surface area contributed by atoms with E-state index in [4.69, 9.17) is 21.1 Å². The number of rotatable bonds is 9. The van der Waals surface area contributed by atoms with Gasteiger partial charge in [-0.25, -0.2) is 8.42 Å². The van der Waals surface area contributed by atoms with Crippen LogP contribution in [-0.2, 0) is 14.8 Å². The second-order valence-electron chi connectivity index (χ2n) is 8.39. The molecular formula is C24H33ClN2O5S. The van der Waals surface area contributed by atoms with Crippen molar-refractivity contribution in [2.45, 2.75) is 52.6 Å². The summed E-state index contributed by atoms with van der Waals surface area (Å²) in [5.41, 5.74) is 3.23. The van der Waals surface area contributed by atoms with Crippen molar-refractivity contribution in [1.29, 1.82) is 0 Å². The van der Waals surface area contributed by atoms with Crippen molar-refractivity contribution < 1.29 is 22.7 Å². The summed E-state index contributed by atoms with van der Waals surface area (Å²) in [4.78, 5) is 13.1. The molecule has 2 rings (SSSR count). The van der Waals surface area contributed by atoms with Crippen LogP contribution in [0.2, 0.25) is 5.02 Å². The molecule has 0 radical (unpaired) electrons. The van der Waals surface area contributed by atoms with E-state index in [9.17, 15) is 13.2 Å². The number of benzene rings is 2. The molecule has 0 heterocycles. The third-order valence-electron chi connectivity index (χ3n) is 5.54. The molecule has 2 atom stereocenters. The molecule has 9 heteroatoms. The van der Waals surface area contributed by atoms with E-state index in [1.54, 1.807) is 26.2 Å². The zero-order chi connectivity index (χ0) is 25.1. The summed E-state index contributed by atoms with van der Waals surface area (Å²) in [6.45, 7) is 9.52. The van der Waals surface area contributed by atoms with Gasteiger partial charge in [0.05, 0.1) is 37.2 Å². The van der Waals surface area contributed by atoms with Gasteiger partial charge in [0.2, 0.25) is 15.9 Å². The number of hydrogen-bond acceptors (Lipinski definition) is 5. The molecule has 0 fully saturated rings. The van der Waals surface area contributed by atoms with Gasteiger partial charge < -0.3 is 14.8 Å². The summed E-state index contributed by atoms with van der Waals surface area (Å²) < 4.78 is 36.9. The second kappa shape index (κ2) is 10.7. The fraction of sp³-hybridized carbons (Fsp3) is 0.458. The Hall–Kier alpha value is -2.45. The van der Waals surface area contributed by atoms with E-state index >= 15 is 0 Å². The molecule has 0 aliphatic rings. The molecular weight excluding hydrogens is 464 g/mol. The number of hydrogen-bond donors (Lipinski definition) is 1. The summed E-state index contributed by atoms with van der Waals surface area (Å²) in [7, 11) is -0.670. The number of nitrogens with zero attached hydrogens (tertiary/aromatic N) is 1. The Bertz CT molecular complexity index is 1120. The Labute approximate surface area is 202 Å². The van der Waals surface area contributed by atoms with E-state index in [2.05, 4.69) is 19.2 Å². The van der Waals surface area contributed by atoms with Crippen molar-refractivity contribution in [3.05, 3.63) is 52.0 Å². The monoisotopic (exact) mass is 496 g/mol. The normalized spacial score (nSPS) is 13.4. The minimum atomic E-state index is -3.78. The van der Waals surface area contributed by atoms with Crippen LogP contribution in [0.25, 0.3) is 0 Å². The van der Waals surface area contributed by atoms with Gasteiger partial charge in [-0.05, 0) is 73.7 Å². The second-order valence-corrected chi connectivity index (χ2v) is 10.7. The first-order valence-electron chi connectivity index (χ1n) is 10.6. The van der Waals surface area contributed by atoms with Gasteiger partial charge >= 0.3 is 0 Å². The minimum Gasteiger partial charge on any atom is -0.496 e. The van der Waals surface area contributed by atoms with E-state index in [-0.39, 0.29) is 22.7 Å². The highest BCUT2D eigenvalue weighted by Gasteiger charge is 2.30. The third-order valence-corrected chi connectivity index (χ3v) is 7.08. The summed E-state index contributed by atoms with van der Waals surface area (Å²) in [5.74, 6) is 1.02. The fourth-order valence-electron chi connectivity index (χ4n) is 3.82. The van der Waals surface area contributed by atoms with Crippen molar-refractivity contribution in [1.82, 2.24) is 5.32 Å². The number of methoxy groups -OCH3 is 2. The highest BCUT2D eigenvalue weighted by atomic mass is 35.5. The number of sulfonamides is 1. The quantitative estimate of drug-likeness (QED) is 0.538. The van der Waals surface area contributed by atoms with Gasteiger partial charge in [0.25, 0.3) is 0 Å². The van der Waals surface area contributed by atoms with Crippen LogP contribution in [0.4, 0.5) is 5.69 Å². The molecule has 0 aliphatic carbocycles. The third kappa shape index (κ3) is 6.12. The molecule has 1 N–H and O–H groups in total. The highest BCUT2D eigenvalue weighted by Crippen LogP contribution is 2.33. The topological polar surface area (TPSA) is 84.9 Å². The van der Waals surface area contributed by atoms with E-state index in [0.29, 0.717) is 5.75 Å². The average molecular weight is 497 g/mol. The number of ether oxygens (including phenoxy) is 2. The van der Waals surface area contributed by atoms with E-state index in [0.717, 1.165) is 33.0 Å². The van der Waals surface area contributed by atoms with Crippen LogP contribution < -0.4 is 19.1 Å². The van der Waals surface area contributed by atoms with Gasteiger partial charge in [-0.1, -0.05) is 25.4 Å². The zero-order valence-corrected chi connectivity index (χ0v) is 22.0. The summed E-state index contributed by atoms with van der Waals surface area (Å²) in [5, 5.41) is 3.21. The van der Waals surface area contributed by atoms with Crippen molar-refractivity contribution in [3.8, 4) is 11.5 Å². The fourth-order valence-corrected chi connectivity index (χ4v) is 5.24. The number of carbonyl (C=O) groups excluding carboxylic acids is 1. The average Bonchev–Trinajstić information content (AvgIpc) is 2.72. The number of aryl methyl sites for hydroxylation is 1. The SMILES string of the molecule is COc1ccc(N([C@H](C)C(=O)N[C@@H](C)c2cc(C(C)C)c(OC)cc2C)S(C)(=O)=O)cc1Cl. The molecule has 33 heavy (non-hydrogen) atoms. The Balaban J connectivity index is 2.36. The van der Waals surface area contributed by atoms with Crippen molar-refractivity contribution >= 4 is 33.2 Å². The summed E-state index contributed by atoms with van der Waals surface area (Å²) in [6, 6.07) is 7.24. The van der Waals surface area contributed by atoms with Gasteiger partial charge in [-0.3, -0.25) is 9.10 Å².